The van der Waals surface area contributed by atoms with Crippen molar-refractivity contribution in [1.82, 2.24) is 4.90 Å². The molecule has 3 heteroatoms. The van der Waals surface area contributed by atoms with Crippen LogP contribution in [0, 0.1) is 0 Å². The van der Waals surface area contributed by atoms with Gasteiger partial charge < -0.3 is 9.64 Å². The van der Waals surface area contributed by atoms with Crippen LogP contribution in [0.5, 0.6) is 5.75 Å². The van der Waals surface area contributed by atoms with Gasteiger partial charge >= 0.3 is 0 Å². The van der Waals surface area contributed by atoms with Gasteiger partial charge in [-0.25, -0.2) is 0 Å². The van der Waals surface area contributed by atoms with E-state index in [9.17, 15) is 4.79 Å². The minimum Gasteiger partial charge on any atom is -0.497 e. The molecule has 1 amide bonds. The highest BCUT2D eigenvalue weighted by molar-refractivity contribution is 5.79. The second-order valence-electron chi connectivity index (χ2n) is 4.26. The molecule has 0 spiro atoms. The molecular formula is C13H17NO2. The molecule has 0 bridgehead atoms. The van der Waals surface area contributed by atoms with E-state index in [0.29, 0.717) is 12.5 Å². The average molecular weight is 219 g/mol. The molecule has 1 aliphatic rings. The van der Waals surface area contributed by atoms with Crippen molar-refractivity contribution in [2.75, 3.05) is 14.2 Å². The van der Waals surface area contributed by atoms with Crippen molar-refractivity contribution in [3.63, 3.8) is 0 Å². The summed E-state index contributed by atoms with van der Waals surface area (Å²) in [6, 6.07) is 8.16. The van der Waals surface area contributed by atoms with Crippen LogP contribution in [-0.2, 0) is 11.2 Å². The maximum atomic E-state index is 11.9. The number of amides is 1. The van der Waals surface area contributed by atoms with Crippen LogP contribution < -0.4 is 4.74 Å². The number of likely N-dealkylation sites (N-methyl/N-ethyl adjacent to an activating group) is 1. The van der Waals surface area contributed by atoms with Gasteiger partial charge in [0.1, 0.15) is 5.75 Å². The predicted molar refractivity (Wildman–Crippen MR) is 62.5 cm³/mol. The zero-order chi connectivity index (χ0) is 11.5. The minimum absolute atomic E-state index is 0.191. The highest BCUT2D eigenvalue weighted by Crippen LogP contribution is 2.26. The third kappa shape index (κ3) is 2.54. The minimum atomic E-state index is 0.191. The van der Waals surface area contributed by atoms with Gasteiger partial charge in [0, 0.05) is 13.1 Å². The lowest BCUT2D eigenvalue weighted by molar-refractivity contribution is -0.129. The monoisotopic (exact) mass is 219 g/mol. The van der Waals surface area contributed by atoms with Gasteiger partial charge in [0.2, 0.25) is 5.91 Å². The number of hydrogen-bond acceptors (Lipinski definition) is 2. The molecule has 0 N–H and O–H groups in total. The zero-order valence-electron chi connectivity index (χ0n) is 9.77. The van der Waals surface area contributed by atoms with Crippen molar-refractivity contribution in [2.45, 2.75) is 25.3 Å². The fraction of sp³-hybridized carbons (Fsp3) is 0.462. The maximum Gasteiger partial charge on any atom is 0.226 e. The Kier molecular flexibility index (Phi) is 3.13. The second-order valence-corrected chi connectivity index (χ2v) is 4.26. The fourth-order valence-electron chi connectivity index (χ4n) is 1.75. The molecule has 0 atom stereocenters. The molecule has 0 aliphatic heterocycles. The van der Waals surface area contributed by atoms with Crippen LogP contribution in [-0.4, -0.2) is 31.0 Å². The van der Waals surface area contributed by atoms with Gasteiger partial charge in [0.15, 0.2) is 0 Å². The lowest BCUT2D eigenvalue weighted by Gasteiger charge is -2.16. The van der Waals surface area contributed by atoms with Gasteiger partial charge in [0.05, 0.1) is 13.5 Å². The molecule has 0 radical (unpaired) electrons. The van der Waals surface area contributed by atoms with Crippen LogP contribution in [0.4, 0.5) is 0 Å². The molecular weight excluding hydrogens is 202 g/mol. The number of nitrogens with zero attached hydrogens (tertiary/aromatic N) is 1. The first-order valence-corrected chi connectivity index (χ1v) is 5.59. The van der Waals surface area contributed by atoms with E-state index in [1.165, 1.54) is 0 Å². The number of carbonyl (C=O) groups is 1. The SMILES string of the molecule is COc1cccc(CC(=O)N(C)C2CC2)c1. The van der Waals surface area contributed by atoms with E-state index >= 15 is 0 Å². The van der Waals surface area contributed by atoms with E-state index in [4.69, 9.17) is 4.74 Å². The third-order valence-corrected chi connectivity index (χ3v) is 2.98. The van der Waals surface area contributed by atoms with Crippen LogP contribution in [0.15, 0.2) is 24.3 Å². The molecule has 86 valence electrons. The molecule has 1 aromatic carbocycles. The molecule has 0 heterocycles. The highest BCUT2D eigenvalue weighted by Gasteiger charge is 2.29. The van der Waals surface area contributed by atoms with Gasteiger partial charge in [-0.3, -0.25) is 4.79 Å². The van der Waals surface area contributed by atoms with Crippen LogP contribution in [0.2, 0.25) is 0 Å². The van der Waals surface area contributed by atoms with Crippen molar-refractivity contribution in [2.24, 2.45) is 0 Å². The van der Waals surface area contributed by atoms with Gasteiger partial charge in [0.25, 0.3) is 0 Å². The summed E-state index contributed by atoms with van der Waals surface area (Å²) in [5.74, 6) is 0.995. The molecule has 0 unspecified atom stereocenters. The van der Waals surface area contributed by atoms with E-state index in [1.54, 1.807) is 7.11 Å². The van der Waals surface area contributed by atoms with E-state index in [-0.39, 0.29) is 5.91 Å². The molecule has 1 saturated carbocycles. The number of hydrogen-bond donors (Lipinski definition) is 0. The van der Waals surface area contributed by atoms with E-state index in [1.807, 2.05) is 36.2 Å². The largest absolute Gasteiger partial charge is 0.497 e. The van der Waals surface area contributed by atoms with Crippen LogP contribution >= 0.6 is 0 Å². The summed E-state index contributed by atoms with van der Waals surface area (Å²) >= 11 is 0. The molecule has 0 saturated heterocycles. The summed E-state index contributed by atoms with van der Waals surface area (Å²) in [5, 5.41) is 0. The quantitative estimate of drug-likeness (QED) is 0.773. The Morgan fingerprint density at radius 1 is 1.50 bits per heavy atom. The predicted octanol–water partition coefficient (Wildman–Crippen LogP) is 1.86. The number of rotatable bonds is 4. The fourth-order valence-corrected chi connectivity index (χ4v) is 1.75. The van der Waals surface area contributed by atoms with E-state index < -0.39 is 0 Å². The first-order valence-electron chi connectivity index (χ1n) is 5.59. The molecule has 0 aromatic heterocycles. The summed E-state index contributed by atoms with van der Waals surface area (Å²) in [6.07, 6.45) is 2.77. The Morgan fingerprint density at radius 3 is 2.88 bits per heavy atom. The molecule has 2 rings (SSSR count). The van der Waals surface area contributed by atoms with Gasteiger partial charge in [-0.15, -0.1) is 0 Å². The van der Waals surface area contributed by atoms with Crippen LogP contribution in [0.25, 0.3) is 0 Å². The van der Waals surface area contributed by atoms with Crippen molar-refractivity contribution < 1.29 is 9.53 Å². The Bertz CT molecular complexity index is 385. The zero-order valence-corrected chi connectivity index (χ0v) is 9.77. The third-order valence-electron chi connectivity index (χ3n) is 2.98. The maximum absolute atomic E-state index is 11.9. The Labute approximate surface area is 96.0 Å². The van der Waals surface area contributed by atoms with E-state index in [2.05, 4.69) is 0 Å². The van der Waals surface area contributed by atoms with Gasteiger partial charge in [-0.05, 0) is 30.5 Å². The first-order chi connectivity index (χ1) is 7.70. The number of benzene rings is 1. The Hall–Kier alpha value is -1.51. The molecule has 1 aliphatic carbocycles. The van der Waals surface area contributed by atoms with Gasteiger partial charge in [-0.2, -0.15) is 0 Å². The lowest BCUT2D eigenvalue weighted by atomic mass is 10.1. The second kappa shape index (κ2) is 4.56. The molecule has 1 fully saturated rings. The van der Waals surface area contributed by atoms with Crippen molar-refractivity contribution in [3.05, 3.63) is 29.8 Å². The van der Waals surface area contributed by atoms with Gasteiger partial charge in [-0.1, -0.05) is 12.1 Å². The average Bonchev–Trinajstić information content (AvgIpc) is 3.12. The van der Waals surface area contributed by atoms with Crippen molar-refractivity contribution in [3.8, 4) is 5.75 Å². The summed E-state index contributed by atoms with van der Waals surface area (Å²) in [5.41, 5.74) is 1.01. The first kappa shape index (κ1) is 11.0. The topological polar surface area (TPSA) is 29.5 Å². The van der Waals surface area contributed by atoms with Crippen LogP contribution in [0.1, 0.15) is 18.4 Å². The molecule has 3 nitrogen and oxygen atoms in total. The Balaban J connectivity index is 1.99. The smallest absolute Gasteiger partial charge is 0.226 e. The summed E-state index contributed by atoms with van der Waals surface area (Å²) in [7, 11) is 3.53. The highest BCUT2D eigenvalue weighted by atomic mass is 16.5. The van der Waals surface area contributed by atoms with Crippen molar-refractivity contribution >= 4 is 5.91 Å². The summed E-state index contributed by atoms with van der Waals surface area (Å²) < 4.78 is 5.13. The Morgan fingerprint density at radius 2 is 2.25 bits per heavy atom. The molecule has 16 heavy (non-hydrogen) atoms. The summed E-state index contributed by atoms with van der Waals surface area (Å²) in [6.45, 7) is 0. The number of ether oxygens (including phenoxy) is 1. The normalized spacial score (nSPS) is 14.6. The lowest BCUT2D eigenvalue weighted by Crippen LogP contribution is -2.30. The molecule has 1 aromatic rings. The van der Waals surface area contributed by atoms with Crippen LogP contribution in [0.3, 0.4) is 0 Å². The summed E-state index contributed by atoms with van der Waals surface area (Å²) in [4.78, 5) is 13.7. The standard InChI is InChI=1S/C13H17NO2/c1-14(11-6-7-11)13(15)9-10-4-3-5-12(8-10)16-2/h3-5,8,11H,6-7,9H2,1-2H3. The number of methoxy groups -OCH3 is 1. The number of carbonyl (C=O) groups excluding carboxylic acids is 1. The van der Waals surface area contributed by atoms with Crippen molar-refractivity contribution in [1.29, 1.82) is 0 Å². The van der Waals surface area contributed by atoms with E-state index in [0.717, 1.165) is 24.2 Å².